The van der Waals surface area contributed by atoms with Gasteiger partial charge in [0.1, 0.15) is 0 Å². The van der Waals surface area contributed by atoms with Crippen molar-refractivity contribution in [2.24, 2.45) is 11.8 Å². The molecule has 0 aliphatic carbocycles. The molecule has 3 unspecified atom stereocenters. The predicted molar refractivity (Wildman–Crippen MR) is 91.1 cm³/mol. The Hall–Kier alpha value is -1.26. The number of benzene rings is 1. The molecular weight excluding hydrogens is 290 g/mol. The molecule has 2 heterocycles. The smallest absolute Gasteiger partial charge is 0.161 e. The van der Waals surface area contributed by atoms with Gasteiger partial charge in [-0.1, -0.05) is 13.8 Å². The van der Waals surface area contributed by atoms with Crippen molar-refractivity contribution in [1.82, 2.24) is 4.90 Å². The minimum atomic E-state index is -3.57. The SMILES string of the molecule is [2H]c1c2c(c([2H])c(OC)c1OC)C1N(CC2)C([2H])([2H])C([2H])(C([2H])([2H])C(C)C)C([2H])(O)C1([2H])[2H]. The van der Waals surface area contributed by atoms with E-state index in [2.05, 4.69) is 0 Å². The van der Waals surface area contributed by atoms with Gasteiger partial charge in [-0.3, -0.25) is 4.90 Å². The van der Waals surface area contributed by atoms with Crippen molar-refractivity contribution in [3.05, 3.63) is 23.2 Å². The molecule has 3 rings (SSSR count). The van der Waals surface area contributed by atoms with Crippen LogP contribution in [-0.4, -0.2) is 43.3 Å². The largest absolute Gasteiger partial charge is 0.493 e. The van der Waals surface area contributed by atoms with E-state index >= 15 is 0 Å². The van der Waals surface area contributed by atoms with Crippen LogP contribution in [0.1, 0.15) is 57.5 Å². The number of hydrogen-bond donors (Lipinski definition) is 1. The fraction of sp³-hybridized carbons (Fsp3) is 0.684. The lowest BCUT2D eigenvalue weighted by atomic mass is 9.79. The molecule has 1 fully saturated rings. The van der Waals surface area contributed by atoms with Crippen LogP contribution in [0.2, 0.25) is 0 Å². The van der Waals surface area contributed by atoms with Crippen molar-refractivity contribution < 1.29 is 28.3 Å². The van der Waals surface area contributed by atoms with Crippen LogP contribution in [0, 0.1) is 11.8 Å². The van der Waals surface area contributed by atoms with E-state index in [-0.39, 0.29) is 47.7 Å². The number of ether oxygens (including phenoxy) is 2. The lowest BCUT2D eigenvalue weighted by molar-refractivity contribution is -0.0191. The third-order valence-electron chi connectivity index (χ3n) is 3.84. The normalized spacial score (nSPS) is 45.2. The Morgan fingerprint density at radius 1 is 1.43 bits per heavy atom. The molecule has 4 nitrogen and oxygen atoms in total. The van der Waals surface area contributed by atoms with E-state index in [0.29, 0.717) is 0 Å². The molecule has 1 aromatic rings. The van der Waals surface area contributed by atoms with E-state index in [4.69, 9.17) is 23.2 Å². The second-order valence-electron chi connectivity index (χ2n) is 5.83. The first-order valence-electron chi connectivity index (χ1n) is 12.6. The summed E-state index contributed by atoms with van der Waals surface area (Å²) in [6.07, 6.45) is -9.51. The summed E-state index contributed by atoms with van der Waals surface area (Å²) in [5.41, 5.74) is 0.0503. The molecule has 1 aromatic carbocycles. The van der Waals surface area contributed by atoms with Crippen molar-refractivity contribution in [1.29, 1.82) is 0 Å². The summed E-state index contributed by atoms with van der Waals surface area (Å²) in [7, 11) is 2.53. The molecule has 2 aliphatic heterocycles. The Balaban J connectivity index is 2.41. The first-order valence-corrected chi connectivity index (χ1v) is 7.62. The molecule has 23 heavy (non-hydrogen) atoms. The maximum Gasteiger partial charge on any atom is 0.161 e. The van der Waals surface area contributed by atoms with Crippen LogP contribution in [0.25, 0.3) is 0 Å². The van der Waals surface area contributed by atoms with Crippen LogP contribution in [0.3, 0.4) is 0 Å². The van der Waals surface area contributed by atoms with Gasteiger partial charge in [-0.15, -0.1) is 0 Å². The minimum Gasteiger partial charge on any atom is -0.493 e. The minimum absolute atomic E-state index is 0.0102. The third-order valence-corrected chi connectivity index (χ3v) is 3.84. The van der Waals surface area contributed by atoms with Gasteiger partial charge in [0.15, 0.2) is 11.5 Å². The van der Waals surface area contributed by atoms with Gasteiger partial charge in [0.2, 0.25) is 0 Å². The molecular formula is C19H29NO3. The molecule has 0 amide bonds. The Kier molecular flexibility index (Phi) is 2.39. The zero-order valence-corrected chi connectivity index (χ0v) is 13.8. The van der Waals surface area contributed by atoms with Crippen LogP contribution in [0.4, 0.5) is 0 Å². The zero-order chi connectivity index (χ0) is 25.5. The molecule has 0 saturated carbocycles. The highest BCUT2D eigenvalue weighted by Crippen LogP contribution is 2.43. The molecule has 1 saturated heterocycles. The lowest BCUT2D eigenvalue weighted by Gasteiger charge is -2.46. The van der Waals surface area contributed by atoms with Crippen LogP contribution in [0.5, 0.6) is 11.5 Å². The van der Waals surface area contributed by atoms with E-state index in [1.807, 2.05) is 0 Å². The Bertz CT molecular complexity index is 968. The molecule has 3 atom stereocenters. The van der Waals surface area contributed by atoms with E-state index in [9.17, 15) is 5.11 Å². The van der Waals surface area contributed by atoms with E-state index < -0.39 is 43.2 Å². The molecule has 0 radical (unpaired) electrons. The number of rotatable bonds is 4. The van der Waals surface area contributed by atoms with Crippen LogP contribution >= 0.6 is 0 Å². The molecule has 0 spiro atoms. The zero-order valence-electron chi connectivity index (χ0n) is 23.8. The standard InChI is InChI=1S/C19H29NO3/c1-12(2)7-14-11-20-6-5-13-8-18(22-3)19(23-4)9-15(13)16(20)10-17(14)21/h8-9,12,14,16-17,21H,5-7,10-11H2,1-4H3/i7D2,8D,9D,10D2,11D2,14D,17D. The van der Waals surface area contributed by atoms with Crippen molar-refractivity contribution in [3.63, 3.8) is 0 Å². The second kappa shape index (κ2) is 6.70. The highest BCUT2D eigenvalue weighted by molar-refractivity contribution is 5.49. The van der Waals surface area contributed by atoms with Crippen molar-refractivity contribution in [2.75, 3.05) is 27.3 Å². The Labute approximate surface area is 153 Å². The summed E-state index contributed by atoms with van der Waals surface area (Å²) in [5, 5.41) is 11.2. The summed E-state index contributed by atoms with van der Waals surface area (Å²) >= 11 is 0. The van der Waals surface area contributed by atoms with E-state index in [1.165, 1.54) is 28.1 Å². The lowest BCUT2D eigenvalue weighted by Crippen LogP contribution is -2.48. The summed E-state index contributed by atoms with van der Waals surface area (Å²) in [6.45, 7) is -0.495. The highest BCUT2D eigenvalue weighted by atomic mass is 16.5. The van der Waals surface area contributed by atoms with E-state index in [0.717, 1.165) is 4.90 Å². The first kappa shape index (κ1) is 8.21. The fourth-order valence-corrected chi connectivity index (χ4v) is 2.81. The molecule has 4 heteroatoms. The van der Waals surface area contributed by atoms with Gasteiger partial charge in [0.05, 0.1) is 24.4 Å². The van der Waals surface area contributed by atoms with Crippen molar-refractivity contribution in [2.45, 2.75) is 45.1 Å². The molecule has 2 aliphatic rings. The predicted octanol–water partition coefficient (Wildman–Crippen LogP) is 3.03. The van der Waals surface area contributed by atoms with Crippen LogP contribution in [-0.2, 0) is 6.42 Å². The first-order chi connectivity index (χ1) is 14.9. The number of piperidine rings is 1. The van der Waals surface area contributed by atoms with Gasteiger partial charge in [0.25, 0.3) is 0 Å². The summed E-state index contributed by atoms with van der Waals surface area (Å²) in [5.74, 6) is -4.50. The van der Waals surface area contributed by atoms with Crippen molar-refractivity contribution in [3.8, 4) is 11.5 Å². The van der Waals surface area contributed by atoms with Gasteiger partial charge in [-0.05, 0) is 54.2 Å². The number of hydrogen-bond acceptors (Lipinski definition) is 4. The van der Waals surface area contributed by atoms with Gasteiger partial charge < -0.3 is 14.6 Å². The highest BCUT2D eigenvalue weighted by Gasteiger charge is 2.38. The summed E-state index contributed by atoms with van der Waals surface area (Å²) in [4.78, 5) is 0.912. The number of aliphatic hydroxyl groups is 1. The Morgan fingerprint density at radius 3 is 2.78 bits per heavy atom. The second-order valence-corrected chi connectivity index (χ2v) is 5.83. The third kappa shape index (κ3) is 3.20. The van der Waals surface area contributed by atoms with Crippen LogP contribution in [0.15, 0.2) is 12.1 Å². The molecule has 128 valence electrons. The number of methoxy groups -OCH3 is 2. The molecule has 1 N–H and O–H groups in total. The quantitative estimate of drug-likeness (QED) is 0.922. The van der Waals surface area contributed by atoms with E-state index in [1.54, 1.807) is 0 Å². The summed E-state index contributed by atoms with van der Waals surface area (Å²) < 4.78 is 97.0. The van der Waals surface area contributed by atoms with Gasteiger partial charge >= 0.3 is 0 Å². The Morgan fingerprint density at radius 2 is 2.13 bits per heavy atom. The van der Waals surface area contributed by atoms with Gasteiger partial charge in [-0.2, -0.15) is 0 Å². The number of nitrogens with zero attached hydrogens (tertiary/aromatic N) is 1. The average Bonchev–Trinajstić information content (AvgIpc) is 2.72. The van der Waals surface area contributed by atoms with Gasteiger partial charge in [0, 0.05) is 28.7 Å². The molecule has 0 aromatic heterocycles. The van der Waals surface area contributed by atoms with Crippen molar-refractivity contribution >= 4 is 0 Å². The topological polar surface area (TPSA) is 41.9 Å². The van der Waals surface area contributed by atoms with Gasteiger partial charge in [-0.25, -0.2) is 0 Å². The summed E-state index contributed by atoms with van der Waals surface area (Å²) in [6, 6.07) is -2.31. The number of fused-ring (bicyclic) bond motifs is 3. The fourth-order valence-electron chi connectivity index (χ4n) is 2.81. The monoisotopic (exact) mass is 329 g/mol. The average molecular weight is 330 g/mol. The maximum absolute atomic E-state index is 11.2. The van der Waals surface area contributed by atoms with Crippen LogP contribution < -0.4 is 9.47 Å². The molecule has 0 bridgehead atoms. The maximum atomic E-state index is 11.2.